The van der Waals surface area contributed by atoms with Crippen molar-refractivity contribution in [1.29, 1.82) is 0 Å². The van der Waals surface area contributed by atoms with Crippen LogP contribution in [0.2, 0.25) is 0 Å². The highest BCUT2D eigenvalue weighted by atomic mass is 32.2. The summed E-state index contributed by atoms with van der Waals surface area (Å²) < 4.78 is 5.90. The zero-order valence-corrected chi connectivity index (χ0v) is 21.6. The predicted molar refractivity (Wildman–Crippen MR) is 135 cm³/mol. The third-order valence-electron chi connectivity index (χ3n) is 9.40. The molecule has 8 atom stereocenters. The molecule has 188 valence electrons. The molecule has 0 aromatic heterocycles. The highest BCUT2D eigenvalue weighted by Gasteiger charge is 2.44. The van der Waals surface area contributed by atoms with Crippen LogP contribution in [0.1, 0.15) is 77.6 Å². The van der Waals surface area contributed by atoms with Crippen molar-refractivity contribution in [3.8, 4) is 0 Å². The van der Waals surface area contributed by atoms with Crippen molar-refractivity contribution in [1.82, 2.24) is 20.9 Å². The average Bonchev–Trinajstić information content (AvgIpc) is 3.25. The molecule has 3 N–H and O–H groups in total. The summed E-state index contributed by atoms with van der Waals surface area (Å²) in [5.41, 5.74) is 0.0587. The van der Waals surface area contributed by atoms with E-state index >= 15 is 0 Å². The molecule has 1 amide bonds. The zero-order valence-electron chi connectivity index (χ0n) is 20.8. The number of piperidine rings is 2. The van der Waals surface area contributed by atoms with E-state index in [9.17, 15) is 4.79 Å². The number of nitrogens with zero attached hydrogens (tertiary/aromatic N) is 1. The number of amides is 1. The number of thioether (sulfide) groups is 1. The Morgan fingerprint density at radius 1 is 1.03 bits per heavy atom. The number of carbonyl (C=O) groups is 1. The molecule has 2 saturated carbocycles. The third kappa shape index (κ3) is 5.58. The molecule has 3 aliphatic heterocycles. The summed E-state index contributed by atoms with van der Waals surface area (Å²) in [5, 5.41) is 11.4. The van der Waals surface area contributed by atoms with Crippen LogP contribution in [0.3, 0.4) is 0 Å². The van der Waals surface area contributed by atoms with Gasteiger partial charge in [0.15, 0.2) is 0 Å². The number of hydrogen-bond acceptors (Lipinski definition) is 6. The molecule has 2 aliphatic carbocycles. The van der Waals surface area contributed by atoms with Crippen molar-refractivity contribution < 1.29 is 9.53 Å². The Hall–Kier alpha value is -0.340. The second-order valence-corrected chi connectivity index (χ2v) is 12.8. The minimum atomic E-state index is 0.0470. The Bertz CT molecular complexity index is 660. The molecule has 3 saturated heterocycles. The van der Waals surface area contributed by atoms with Gasteiger partial charge in [0.05, 0.1) is 12.0 Å². The van der Waals surface area contributed by atoms with E-state index in [-0.39, 0.29) is 17.3 Å². The maximum absolute atomic E-state index is 13.6. The Morgan fingerprint density at radius 3 is 2.64 bits per heavy atom. The number of carbonyl (C=O) groups excluding carboxylic acids is 1. The Kier molecular flexibility index (Phi) is 8.23. The number of nitrogens with one attached hydrogen (secondary N) is 3. The molecule has 8 unspecified atom stereocenters. The topological polar surface area (TPSA) is 65.6 Å². The van der Waals surface area contributed by atoms with Gasteiger partial charge in [-0.25, -0.2) is 0 Å². The zero-order chi connectivity index (χ0) is 22.8. The van der Waals surface area contributed by atoms with Crippen LogP contribution in [0.25, 0.3) is 0 Å². The molecule has 0 spiro atoms. The lowest BCUT2D eigenvalue weighted by Gasteiger charge is -2.44. The van der Waals surface area contributed by atoms with Gasteiger partial charge < -0.3 is 15.4 Å². The second kappa shape index (κ2) is 11.2. The summed E-state index contributed by atoms with van der Waals surface area (Å²) in [7, 11) is 1.86. The van der Waals surface area contributed by atoms with Crippen molar-refractivity contribution in [3.05, 3.63) is 0 Å². The minimum absolute atomic E-state index is 0.0470. The van der Waals surface area contributed by atoms with Crippen molar-refractivity contribution >= 4 is 17.7 Å². The molecule has 5 aliphatic rings. The molecular formula is C26H46N4O2S. The van der Waals surface area contributed by atoms with Gasteiger partial charge in [0.1, 0.15) is 5.50 Å². The number of likely N-dealkylation sites (tertiary alicyclic amines) is 1. The summed E-state index contributed by atoms with van der Waals surface area (Å²) in [6, 6.07) is 1.82. The number of rotatable bonds is 5. The molecule has 3 heterocycles. The normalized spacial score (nSPS) is 43.2. The van der Waals surface area contributed by atoms with Crippen molar-refractivity contribution in [2.45, 2.75) is 113 Å². The van der Waals surface area contributed by atoms with Crippen molar-refractivity contribution in [2.75, 3.05) is 26.7 Å². The van der Waals surface area contributed by atoms with Crippen LogP contribution < -0.4 is 16.0 Å². The molecule has 33 heavy (non-hydrogen) atoms. The van der Waals surface area contributed by atoms with E-state index in [0.29, 0.717) is 35.3 Å². The van der Waals surface area contributed by atoms with Crippen LogP contribution in [-0.2, 0) is 9.53 Å². The van der Waals surface area contributed by atoms with Gasteiger partial charge in [0.25, 0.3) is 0 Å². The quantitative estimate of drug-likeness (QED) is 0.563. The largest absolute Gasteiger partial charge is 0.381 e. The van der Waals surface area contributed by atoms with Gasteiger partial charge in [-0.1, -0.05) is 32.1 Å². The third-order valence-corrected chi connectivity index (χ3v) is 10.8. The van der Waals surface area contributed by atoms with Gasteiger partial charge in [-0.2, -0.15) is 0 Å². The number of hydrogen-bond donors (Lipinski definition) is 3. The SMILES string of the molecule is COC1CCCCC1C1CC(C)NCC1C(=O)NC1NC2CCN(C3CCCCC3)CC2S1. The molecule has 0 aromatic carbocycles. The smallest absolute Gasteiger partial charge is 0.226 e. The monoisotopic (exact) mass is 478 g/mol. The predicted octanol–water partition coefficient (Wildman–Crippen LogP) is 3.32. The number of fused-ring (bicyclic) bond motifs is 1. The second-order valence-electron chi connectivity index (χ2n) is 11.4. The maximum atomic E-state index is 13.6. The summed E-state index contributed by atoms with van der Waals surface area (Å²) in [6.07, 6.45) is 14.5. The standard InChI is InChI=1S/C26H46N4O2S/c1-17-14-20(19-10-6-7-11-23(19)32-2)21(15-27-17)25(31)29-26-28-22-12-13-30(16-24(22)33-26)18-8-4-3-5-9-18/h17-24,26-28H,3-16H2,1-2H3,(H,29,31). The van der Waals surface area contributed by atoms with Gasteiger partial charge in [-0.15, -0.1) is 11.8 Å². The van der Waals surface area contributed by atoms with Crippen LogP contribution in [0, 0.1) is 17.8 Å². The van der Waals surface area contributed by atoms with E-state index in [1.165, 1.54) is 70.9 Å². The van der Waals surface area contributed by atoms with E-state index in [1.54, 1.807) is 0 Å². The molecule has 6 nitrogen and oxygen atoms in total. The highest BCUT2D eigenvalue weighted by Crippen LogP contribution is 2.40. The van der Waals surface area contributed by atoms with Crippen LogP contribution in [0.5, 0.6) is 0 Å². The summed E-state index contributed by atoms with van der Waals surface area (Å²) in [5.74, 6) is 1.22. The van der Waals surface area contributed by atoms with Crippen LogP contribution in [-0.4, -0.2) is 72.5 Å². The molecule has 0 radical (unpaired) electrons. The first kappa shape index (κ1) is 24.4. The lowest BCUT2D eigenvalue weighted by molar-refractivity contribution is -0.130. The maximum Gasteiger partial charge on any atom is 0.226 e. The molecule has 5 fully saturated rings. The van der Waals surface area contributed by atoms with E-state index in [2.05, 4.69) is 27.8 Å². The highest BCUT2D eigenvalue weighted by molar-refractivity contribution is 8.00. The lowest BCUT2D eigenvalue weighted by atomic mass is 9.68. The number of methoxy groups -OCH3 is 1. The van der Waals surface area contributed by atoms with Gasteiger partial charge in [0.2, 0.25) is 5.91 Å². The Labute approximate surface area is 205 Å². The fourth-order valence-corrected chi connectivity index (χ4v) is 9.04. The lowest BCUT2D eigenvalue weighted by Crippen LogP contribution is -2.55. The van der Waals surface area contributed by atoms with Gasteiger partial charge in [-0.05, 0) is 63.8 Å². The minimum Gasteiger partial charge on any atom is -0.381 e. The Morgan fingerprint density at radius 2 is 1.82 bits per heavy atom. The molecule has 0 aromatic rings. The van der Waals surface area contributed by atoms with Gasteiger partial charge in [-0.3, -0.25) is 15.0 Å². The number of ether oxygens (including phenoxy) is 1. The first-order chi connectivity index (χ1) is 16.1. The first-order valence-corrected chi connectivity index (χ1v) is 14.8. The van der Waals surface area contributed by atoms with Gasteiger partial charge >= 0.3 is 0 Å². The molecule has 5 rings (SSSR count). The van der Waals surface area contributed by atoms with Crippen LogP contribution in [0.4, 0.5) is 0 Å². The fourth-order valence-electron chi connectivity index (χ4n) is 7.57. The van der Waals surface area contributed by atoms with Gasteiger partial charge in [0, 0.05) is 43.6 Å². The van der Waals surface area contributed by atoms with E-state index in [0.717, 1.165) is 25.4 Å². The van der Waals surface area contributed by atoms with E-state index < -0.39 is 0 Å². The van der Waals surface area contributed by atoms with Crippen LogP contribution >= 0.6 is 11.8 Å². The first-order valence-electron chi connectivity index (χ1n) is 13.8. The van der Waals surface area contributed by atoms with E-state index in [1.807, 2.05) is 18.9 Å². The summed E-state index contributed by atoms with van der Waals surface area (Å²) >= 11 is 1.97. The summed E-state index contributed by atoms with van der Waals surface area (Å²) in [6.45, 7) is 5.46. The molecular weight excluding hydrogens is 432 g/mol. The average molecular weight is 479 g/mol. The fraction of sp³-hybridized carbons (Fsp3) is 0.962. The van der Waals surface area contributed by atoms with Crippen molar-refractivity contribution in [2.24, 2.45) is 17.8 Å². The van der Waals surface area contributed by atoms with E-state index in [4.69, 9.17) is 4.74 Å². The van der Waals surface area contributed by atoms with Crippen LogP contribution in [0.15, 0.2) is 0 Å². The summed E-state index contributed by atoms with van der Waals surface area (Å²) in [4.78, 5) is 16.3. The Balaban J connectivity index is 1.18. The molecule has 7 heteroatoms. The van der Waals surface area contributed by atoms with Crippen molar-refractivity contribution in [3.63, 3.8) is 0 Å². The molecule has 0 bridgehead atoms.